The van der Waals surface area contributed by atoms with Gasteiger partial charge in [0.2, 0.25) is 0 Å². The highest BCUT2D eigenvalue weighted by Crippen LogP contribution is 2.03. The topological polar surface area (TPSA) is 131 Å². The summed E-state index contributed by atoms with van der Waals surface area (Å²) in [5.74, 6) is 0.644. The molecule has 0 fully saturated rings. The van der Waals surface area contributed by atoms with Gasteiger partial charge in [-0.3, -0.25) is 0 Å². The summed E-state index contributed by atoms with van der Waals surface area (Å²) < 4.78 is 4.72. The molecule has 7 heteroatoms. The number of aliphatic hydroxyl groups is 4. The van der Waals surface area contributed by atoms with Gasteiger partial charge >= 0.3 is 0 Å². The van der Waals surface area contributed by atoms with E-state index < -0.39 is 12.2 Å². The average Bonchev–Trinajstić information content (AvgIpc) is 2.63. The molecule has 6 N–H and O–H groups in total. The van der Waals surface area contributed by atoms with Crippen LogP contribution in [0.3, 0.4) is 0 Å². The van der Waals surface area contributed by atoms with Gasteiger partial charge in [0.1, 0.15) is 23.7 Å². The third-order valence-corrected chi connectivity index (χ3v) is 2.55. The Hall–Kier alpha value is -2.16. The maximum absolute atomic E-state index is 8.72. The van der Waals surface area contributed by atoms with Crippen molar-refractivity contribution in [1.82, 2.24) is 0 Å². The number of hydrogen-bond donors (Lipinski definition) is 6. The first-order chi connectivity index (χ1) is 12.0. The summed E-state index contributed by atoms with van der Waals surface area (Å²) in [7, 11) is 0. The highest BCUT2D eigenvalue weighted by atomic mass is 16.5. The first-order valence-electron chi connectivity index (χ1n) is 7.63. The van der Waals surface area contributed by atoms with Crippen molar-refractivity contribution in [2.75, 3.05) is 26.4 Å². The van der Waals surface area contributed by atoms with Crippen LogP contribution in [0, 0.1) is 0 Å². The maximum atomic E-state index is 8.72. The fourth-order valence-corrected chi connectivity index (χ4v) is 1.30. The molecule has 25 heavy (non-hydrogen) atoms. The predicted octanol–water partition coefficient (Wildman–Crippen LogP) is 0.494. The van der Waals surface area contributed by atoms with Gasteiger partial charge < -0.3 is 35.4 Å². The van der Waals surface area contributed by atoms with Gasteiger partial charge in [0.05, 0.1) is 26.4 Å². The Balaban J connectivity index is 0.000000358. The van der Waals surface area contributed by atoms with Crippen molar-refractivity contribution in [2.24, 2.45) is 0 Å². The van der Waals surface area contributed by atoms with Crippen molar-refractivity contribution < 1.29 is 35.4 Å². The lowest BCUT2D eigenvalue weighted by atomic mass is 10.3. The smallest absolute Gasteiger partial charge is 0.115 e. The molecule has 140 valence electrons. The monoisotopic (exact) mass is 354 g/mol. The van der Waals surface area contributed by atoms with Gasteiger partial charge in [-0.05, 0) is 24.3 Å². The van der Waals surface area contributed by atoms with Gasteiger partial charge in [-0.1, -0.05) is 36.4 Å². The molecule has 2 atom stereocenters. The first-order valence-corrected chi connectivity index (χ1v) is 7.63. The van der Waals surface area contributed by atoms with E-state index in [4.69, 9.17) is 35.4 Å². The minimum atomic E-state index is -0.916. The molecule has 2 unspecified atom stereocenters. The number of para-hydroxylation sites is 2. The molecular weight excluding hydrogens is 328 g/mol. The normalized spacial score (nSPS) is 12.0. The number of phenolic OH excluding ortho intramolecular Hbond substituents is 2. The van der Waals surface area contributed by atoms with E-state index >= 15 is 0 Å². The molecule has 0 aliphatic rings. The predicted molar refractivity (Wildman–Crippen MR) is 93.2 cm³/mol. The molecule has 0 aliphatic heterocycles. The fourth-order valence-electron chi connectivity index (χ4n) is 1.30. The minimum absolute atomic E-state index is 0.0342. The Kier molecular flexibility index (Phi) is 14.0. The molecule has 0 amide bonds. The number of aliphatic hydroxyl groups excluding tert-OH is 4. The van der Waals surface area contributed by atoms with E-state index in [-0.39, 0.29) is 26.4 Å². The Morgan fingerprint density at radius 2 is 0.960 bits per heavy atom. The third kappa shape index (κ3) is 15.1. The molecule has 0 saturated heterocycles. The van der Waals surface area contributed by atoms with Gasteiger partial charge in [0.25, 0.3) is 0 Å². The lowest BCUT2D eigenvalue weighted by Crippen LogP contribution is -2.25. The summed E-state index contributed by atoms with van der Waals surface area (Å²) in [6.45, 7) is -0.800. The van der Waals surface area contributed by atoms with Crippen LogP contribution in [-0.4, -0.2) is 69.3 Å². The van der Waals surface area contributed by atoms with Crippen LogP contribution in [0.15, 0.2) is 60.7 Å². The summed E-state index contributed by atoms with van der Waals surface area (Å²) in [5, 5.41) is 51.3. The molecule has 0 heterocycles. The van der Waals surface area contributed by atoms with E-state index in [1.807, 2.05) is 12.1 Å². The second kappa shape index (κ2) is 15.4. The summed E-state index contributed by atoms with van der Waals surface area (Å²) in [4.78, 5) is 0. The zero-order chi connectivity index (χ0) is 18.9. The van der Waals surface area contributed by atoms with Crippen molar-refractivity contribution in [1.29, 1.82) is 0 Å². The van der Waals surface area contributed by atoms with Crippen LogP contribution in [0.2, 0.25) is 0 Å². The molecule has 0 spiro atoms. The van der Waals surface area contributed by atoms with Crippen molar-refractivity contribution in [3.05, 3.63) is 60.7 Å². The van der Waals surface area contributed by atoms with E-state index in [0.29, 0.717) is 11.5 Å². The van der Waals surface area contributed by atoms with E-state index in [9.17, 15) is 0 Å². The molecule has 7 nitrogen and oxygen atoms in total. The van der Waals surface area contributed by atoms with Crippen LogP contribution in [-0.2, 0) is 4.74 Å². The Morgan fingerprint density at radius 1 is 0.640 bits per heavy atom. The molecule has 2 aromatic carbocycles. The van der Waals surface area contributed by atoms with E-state index in [1.165, 1.54) is 0 Å². The second-order valence-corrected chi connectivity index (χ2v) is 4.88. The fraction of sp³-hybridized carbons (Fsp3) is 0.333. The number of ether oxygens (including phenoxy) is 1. The van der Waals surface area contributed by atoms with E-state index in [1.54, 1.807) is 48.5 Å². The largest absolute Gasteiger partial charge is 0.508 e. The standard InChI is InChI=1S/C6H14O5.2C6H6O/c7-1-5(9)3-11-4-6(10)2-8;2*7-6-4-2-1-3-5-6/h5-10H,1-4H2;2*1-5,7H. The number of phenols is 2. The maximum Gasteiger partial charge on any atom is 0.115 e. The second-order valence-electron chi connectivity index (χ2n) is 4.88. The van der Waals surface area contributed by atoms with Gasteiger partial charge in [0, 0.05) is 0 Å². The van der Waals surface area contributed by atoms with Gasteiger partial charge in [0.15, 0.2) is 0 Å². The third-order valence-electron chi connectivity index (χ3n) is 2.55. The van der Waals surface area contributed by atoms with Crippen LogP contribution < -0.4 is 0 Å². The van der Waals surface area contributed by atoms with Crippen LogP contribution in [0.5, 0.6) is 11.5 Å². The van der Waals surface area contributed by atoms with E-state index in [0.717, 1.165) is 0 Å². The minimum Gasteiger partial charge on any atom is -0.508 e. The quantitative estimate of drug-likeness (QED) is 0.445. The zero-order valence-electron chi connectivity index (χ0n) is 13.8. The van der Waals surface area contributed by atoms with Crippen molar-refractivity contribution in [3.63, 3.8) is 0 Å². The molecule has 0 radical (unpaired) electrons. The van der Waals surface area contributed by atoms with Crippen LogP contribution >= 0.6 is 0 Å². The van der Waals surface area contributed by atoms with Gasteiger partial charge in [-0.25, -0.2) is 0 Å². The van der Waals surface area contributed by atoms with Crippen LogP contribution in [0.25, 0.3) is 0 Å². The van der Waals surface area contributed by atoms with E-state index in [2.05, 4.69) is 0 Å². The van der Waals surface area contributed by atoms with Crippen molar-refractivity contribution in [3.8, 4) is 11.5 Å². The summed E-state index contributed by atoms with van der Waals surface area (Å²) >= 11 is 0. The van der Waals surface area contributed by atoms with Gasteiger partial charge in [-0.2, -0.15) is 0 Å². The van der Waals surface area contributed by atoms with Crippen molar-refractivity contribution >= 4 is 0 Å². The molecular formula is C18H26O7. The lowest BCUT2D eigenvalue weighted by molar-refractivity contribution is -0.0364. The first kappa shape index (κ1) is 22.8. The Bertz CT molecular complexity index is 460. The summed E-state index contributed by atoms with van der Waals surface area (Å²) in [6, 6.07) is 17.4. The number of hydrogen-bond acceptors (Lipinski definition) is 7. The number of aromatic hydroxyl groups is 2. The average molecular weight is 354 g/mol. The van der Waals surface area contributed by atoms with Crippen LogP contribution in [0.1, 0.15) is 0 Å². The number of benzene rings is 2. The van der Waals surface area contributed by atoms with Crippen LogP contribution in [0.4, 0.5) is 0 Å². The lowest BCUT2D eigenvalue weighted by Gasteiger charge is -2.10. The molecule has 0 bridgehead atoms. The summed E-state index contributed by atoms with van der Waals surface area (Å²) in [6.07, 6.45) is -1.83. The van der Waals surface area contributed by atoms with Crippen molar-refractivity contribution in [2.45, 2.75) is 12.2 Å². The highest BCUT2D eigenvalue weighted by Gasteiger charge is 2.04. The molecule has 2 aromatic rings. The Labute approximate surface area is 147 Å². The molecule has 0 aromatic heterocycles. The van der Waals surface area contributed by atoms with Gasteiger partial charge in [-0.15, -0.1) is 0 Å². The summed E-state index contributed by atoms with van der Waals surface area (Å²) in [5.41, 5.74) is 0. The Morgan fingerprint density at radius 3 is 1.16 bits per heavy atom. The highest BCUT2D eigenvalue weighted by molar-refractivity contribution is 5.19. The molecule has 2 rings (SSSR count). The molecule has 0 aliphatic carbocycles. The number of rotatable bonds is 6. The zero-order valence-corrected chi connectivity index (χ0v) is 13.8. The SMILES string of the molecule is OCC(O)COCC(O)CO.Oc1ccccc1.Oc1ccccc1. The molecule has 0 saturated carbocycles.